The van der Waals surface area contributed by atoms with E-state index in [9.17, 15) is 14.7 Å². The van der Waals surface area contributed by atoms with Crippen molar-refractivity contribution in [2.24, 2.45) is 0 Å². The summed E-state index contributed by atoms with van der Waals surface area (Å²) in [5.41, 5.74) is 3.84. The number of fused-ring (bicyclic) bond motifs is 1. The van der Waals surface area contributed by atoms with Crippen LogP contribution in [0.5, 0.6) is 17.2 Å². The van der Waals surface area contributed by atoms with E-state index in [4.69, 9.17) is 14.2 Å². The van der Waals surface area contributed by atoms with Gasteiger partial charge >= 0.3 is 0 Å². The van der Waals surface area contributed by atoms with Gasteiger partial charge in [-0.3, -0.25) is 14.6 Å². The Hall–Kier alpha value is -5.11. The van der Waals surface area contributed by atoms with Gasteiger partial charge in [-0.25, -0.2) is 0 Å². The smallest absolute Gasteiger partial charge is 0.295 e. The predicted molar refractivity (Wildman–Crippen MR) is 161 cm³/mol. The second-order valence-electron chi connectivity index (χ2n) is 10.7. The molecule has 218 valence electrons. The SMILES string of the molecule is CCOc1cc([C@@H]2C(=C(O)c3ccc4c(c3)C[C@@H](C)O4)C(=O)C(=O)N2Cc2ccncc2)ccc1OCc1ccccc1. The fraction of sp³-hybridized carbons (Fsp3) is 0.229. The number of amides is 1. The number of benzene rings is 3. The summed E-state index contributed by atoms with van der Waals surface area (Å²) in [7, 11) is 0. The van der Waals surface area contributed by atoms with Crippen LogP contribution >= 0.6 is 0 Å². The number of ketones is 1. The molecule has 0 radical (unpaired) electrons. The molecule has 2 aliphatic heterocycles. The van der Waals surface area contributed by atoms with E-state index in [1.54, 1.807) is 48.8 Å². The highest BCUT2D eigenvalue weighted by Crippen LogP contribution is 2.43. The number of Topliss-reactive ketones (excluding diaryl/α,β-unsaturated/α-hetero) is 1. The summed E-state index contributed by atoms with van der Waals surface area (Å²) in [6, 6.07) is 23.2. The predicted octanol–water partition coefficient (Wildman–Crippen LogP) is 6.00. The Labute approximate surface area is 250 Å². The van der Waals surface area contributed by atoms with Crippen LogP contribution in [0.1, 0.15) is 47.7 Å². The quantitative estimate of drug-likeness (QED) is 0.148. The second-order valence-corrected chi connectivity index (χ2v) is 10.7. The van der Waals surface area contributed by atoms with Crippen molar-refractivity contribution in [3.8, 4) is 17.2 Å². The van der Waals surface area contributed by atoms with Crippen molar-refractivity contribution in [3.05, 3.63) is 125 Å². The molecule has 6 rings (SSSR count). The molecule has 0 saturated carbocycles. The van der Waals surface area contributed by atoms with E-state index in [-0.39, 0.29) is 24.0 Å². The zero-order chi connectivity index (χ0) is 29.9. The van der Waals surface area contributed by atoms with Crippen LogP contribution in [-0.2, 0) is 29.2 Å². The van der Waals surface area contributed by atoms with E-state index < -0.39 is 17.7 Å². The van der Waals surface area contributed by atoms with Gasteiger partial charge < -0.3 is 24.2 Å². The molecule has 43 heavy (non-hydrogen) atoms. The van der Waals surface area contributed by atoms with Crippen molar-refractivity contribution in [2.45, 2.75) is 45.6 Å². The molecule has 1 fully saturated rings. The number of aliphatic hydroxyl groups is 1. The zero-order valence-corrected chi connectivity index (χ0v) is 24.0. The Morgan fingerprint density at radius 2 is 1.74 bits per heavy atom. The summed E-state index contributed by atoms with van der Waals surface area (Å²) in [6.07, 6.45) is 4.00. The Morgan fingerprint density at radius 3 is 2.51 bits per heavy atom. The first-order valence-corrected chi connectivity index (χ1v) is 14.3. The van der Waals surface area contributed by atoms with Gasteiger partial charge in [0.1, 0.15) is 24.2 Å². The Bertz CT molecular complexity index is 1690. The molecular weight excluding hydrogens is 544 g/mol. The lowest BCUT2D eigenvalue weighted by Crippen LogP contribution is -2.29. The van der Waals surface area contributed by atoms with Gasteiger partial charge in [0, 0.05) is 30.9 Å². The van der Waals surface area contributed by atoms with Crippen molar-refractivity contribution in [3.63, 3.8) is 0 Å². The summed E-state index contributed by atoms with van der Waals surface area (Å²) in [5.74, 6) is 0.103. The van der Waals surface area contributed by atoms with E-state index in [0.717, 1.165) is 22.4 Å². The molecule has 8 nitrogen and oxygen atoms in total. The highest BCUT2D eigenvalue weighted by Gasteiger charge is 2.46. The minimum atomic E-state index is -0.862. The molecule has 1 saturated heterocycles. The Balaban J connectivity index is 1.43. The Morgan fingerprint density at radius 1 is 0.953 bits per heavy atom. The first-order chi connectivity index (χ1) is 20.9. The maximum Gasteiger partial charge on any atom is 0.295 e. The lowest BCUT2D eigenvalue weighted by atomic mass is 9.94. The molecule has 0 aliphatic carbocycles. The maximum atomic E-state index is 13.6. The average molecular weight is 577 g/mol. The largest absolute Gasteiger partial charge is 0.507 e. The van der Waals surface area contributed by atoms with E-state index in [1.165, 1.54) is 4.90 Å². The molecule has 3 heterocycles. The highest BCUT2D eigenvalue weighted by atomic mass is 16.5. The van der Waals surface area contributed by atoms with Gasteiger partial charge in [-0.05, 0) is 78.6 Å². The maximum absolute atomic E-state index is 13.6. The molecular formula is C35H32N2O6. The molecule has 0 unspecified atom stereocenters. The van der Waals surface area contributed by atoms with Crippen LogP contribution in [-0.4, -0.2) is 39.4 Å². The minimum Gasteiger partial charge on any atom is -0.507 e. The molecule has 8 heteroatoms. The van der Waals surface area contributed by atoms with Gasteiger partial charge in [-0.1, -0.05) is 36.4 Å². The fourth-order valence-electron chi connectivity index (χ4n) is 5.62. The lowest BCUT2D eigenvalue weighted by molar-refractivity contribution is -0.140. The molecule has 2 aliphatic rings. The first-order valence-electron chi connectivity index (χ1n) is 14.3. The van der Waals surface area contributed by atoms with Gasteiger partial charge in [-0.15, -0.1) is 0 Å². The van der Waals surface area contributed by atoms with Crippen LogP contribution in [0.4, 0.5) is 0 Å². The fourth-order valence-corrected chi connectivity index (χ4v) is 5.62. The van der Waals surface area contributed by atoms with Gasteiger partial charge in [0.05, 0.1) is 18.2 Å². The Kier molecular flexibility index (Phi) is 7.83. The summed E-state index contributed by atoms with van der Waals surface area (Å²) in [6.45, 7) is 4.74. The van der Waals surface area contributed by atoms with E-state index in [0.29, 0.717) is 42.3 Å². The number of ether oxygens (including phenoxy) is 3. The lowest BCUT2D eigenvalue weighted by Gasteiger charge is -2.26. The monoisotopic (exact) mass is 576 g/mol. The number of carbonyl (C=O) groups is 2. The average Bonchev–Trinajstić information content (AvgIpc) is 3.52. The summed E-state index contributed by atoms with van der Waals surface area (Å²) in [4.78, 5) is 32.7. The van der Waals surface area contributed by atoms with Crippen LogP contribution in [0.15, 0.2) is 96.8 Å². The molecule has 3 aromatic carbocycles. The number of likely N-dealkylation sites (tertiary alicyclic amines) is 1. The molecule has 1 aromatic heterocycles. The molecule has 0 spiro atoms. The molecule has 1 N–H and O–H groups in total. The van der Waals surface area contributed by atoms with Crippen molar-refractivity contribution in [2.75, 3.05) is 6.61 Å². The normalized spacial score (nSPS) is 18.8. The van der Waals surface area contributed by atoms with Gasteiger partial charge in [0.15, 0.2) is 11.5 Å². The van der Waals surface area contributed by atoms with Crippen LogP contribution in [0.3, 0.4) is 0 Å². The number of carbonyl (C=O) groups excluding carboxylic acids is 2. The summed E-state index contributed by atoms with van der Waals surface area (Å²) in [5, 5.41) is 11.6. The van der Waals surface area contributed by atoms with Crippen LogP contribution in [0, 0.1) is 0 Å². The standard InChI is InChI=1S/C35H32N2O6/c1-3-41-30-19-25(9-12-29(30)42-21-24-7-5-4-6-8-24)32-31(33(38)26-10-11-28-27(18-26)17-22(2)43-28)34(39)35(40)37(32)20-23-13-15-36-16-14-23/h4-16,18-19,22,32,38H,3,17,20-21H2,1-2H3/t22-,32-/m1/s1. The number of aliphatic hydroxyl groups excluding tert-OH is 1. The van der Waals surface area contributed by atoms with Crippen molar-refractivity contribution >= 4 is 17.4 Å². The molecule has 0 bridgehead atoms. The van der Waals surface area contributed by atoms with Crippen molar-refractivity contribution in [1.82, 2.24) is 9.88 Å². The van der Waals surface area contributed by atoms with Crippen LogP contribution in [0.25, 0.3) is 5.76 Å². The minimum absolute atomic E-state index is 0.0198. The third-order valence-electron chi connectivity index (χ3n) is 7.63. The van der Waals surface area contributed by atoms with Gasteiger partial charge in [-0.2, -0.15) is 0 Å². The molecule has 1 amide bonds. The van der Waals surface area contributed by atoms with E-state index >= 15 is 0 Å². The number of hydrogen-bond acceptors (Lipinski definition) is 7. The zero-order valence-electron chi connectivity index (χ0n) is 24.0. The third-order valence-corrected chi connectivity index (χ3v) is 7.63. The number of hydrogen-bond donors (Lipinski definition) is 1. The summed E-state index contributed by atoms with van der Waals surface area (Å²) >= 11 is 0. The number of nitrogens with zero attached hydrogens (tertiary/aromatic N) is 2. The van der Waals surface area contributed by atoms with E-state index in [2.05, 4.69) is 4.98 Å². The number of rotatable bonds is 9. The second kappa shape index (κ2) is 12.0. The van der Waals surface area contributed by atoms with Crippen molar-refractivity contribution in [1.29, 1.82) is 0 Å². The number of pyridine rings is 1. The molecule has 2 atom stereocenters. The van der Waals surface area contributed by atoms with Gasteiger partial charge in [0.25, 0.3) is 11.7 Å². The third kappa shape index (κ3) is 5.68. The number of aromatic nitrogens is 1. The molecule has 4 aromatic rings. The topological polar surface area (TPSA) is 98.2 Å². The van der Waals surface area contributed by atoms with Crippen molar-refractivity contribution < 1.29 is 28.9 Å². The first kappa shape index (κ1) is 28.0. The highest BCUT2D eigenvalue weighted by molar-refractivity contribution is 6.46. The summed E-state index contributed by atoms with van der Waals surface area (Å²) < 4.78 is 17.9. The van der Waals surface area contributed by atoms with Crippen LogP contribution < -0.4 is 14.2 Å². The van der Waals surface area contributed by atoms with Crippen LogP contribution in [0.2, 0.25) is 0 Å². The van der Waals surface area contributed by atoms with E-state index in [1.807, 2.05) is 56.3 Å². The van der Waals surface area contributed by atoms with Gasteiger partial charge in [0.2, 0.25) is 0 Å².